The summed E-state index contributed by atoms with van der Waals surface area (Å²) in [5.41, 5.74) is 3.10. The number of aromatic nitrogens is 3. The van der Waals surface area contributed by atoms with E-state index < -0.39 is 25.6 Å². The molecule has 0 bridgehead atoms. The maximum Gasteiger partial charge on any atom is 0.296 e. The largest absolute Gasteiger partial charge is 0.496 e. The molecule has 0 fully saturated rings. The molecule has 0 spiro atoms. The summed E-state index contributed by atoms with van der Waals surface area (Å²) in [6.45, 7) is 17.7. The summed E-state index contributed by atoms with van der Waals surface area (Å²) >= 11 is 1.11. The van der Waals surface area contributed by atoms with Crippen LogP contribution in [-0.4, -0.2) is 48.7 Å². The van der Waals surface area contributed by atoms with Gasteiger partial charge in [-0.2, -0.15) is 0 Å². The number of rotatable bonds is 10. The van der Waals surface area contributed by atoms with Crippen LogP contribution in [0.25, 0.3) is 11.1 Å². The van der Waals surface area contributed by atoms with Gasteiger partial charge in [0, 0.05) is 17.5 Å². The Morgan fingerprint density at radius 1 is 1.09 bits per heavy atom. The second-order valence-corrected chi connectivity index (χ2v) is 18.7. The van der Waals surface area contributed by atoms with E-state index in [2.05, 4.69) is 92.5 Å². The maximum atomic E-state index is 14.9. The van der Waals surface area contributed by atoms with Gasteiger partial charge in [0.05, 0.1) is 23.8 Å². The first-order chi connectivity index (χ1) is 21.1. The minimum absolute atomic E-state index is 0.113. The predicted molar refractivity (Wildman–Crippen MR) is 181 cm³/mol. The van der Waals surface area contributed by atoms with Crippen molar-refractivity contribution in [2.45, 2.75) is 78.1 Å². The summed E-state index contributed by atoms with van der Waals surface area (Å²) in [6.07, 6.45) is 11.8. The molecule has 1 aromatic carbocycles. The molecule has 8 nitrogen and oxygen atoms in total. The number of carbonyl (C=O) groups is 1. The molecule has 1 aliphatic carbocycles. The lowest BCUT2D eigenvalue weighted by Gasteiger charge is -2.43. The van der Waals surface area contributed by atoms with Gasteiger partial charge in [0.2, 0.25) is 5.13 Å². The number of pyridine rings is 1. The topological polar surface area (TPSA) is 95.5 Å². The standard InChI is InChI=1S/C34H43FN4O4SSi/c1-22-19-25(29-27(35)15-12-16-28(29)41-7)26(20-36-22)30(40)37-31-38-39-32(44-31)42-21-23-13-10-11-14-24(18-17-23)34(5,6)43-45(8,9)33(2,3)4/h12-20H,10-11,21H2,1-9H3,(H,37,38,40)/b18-17?,23-13?,24-14-. The highest BCUT2D eigenvalue weighted by atomic mass is 32.1. The van der Waals surface area contributed by atoms with E-state index in [1.807, 2.05) is 0 Å². The first-order valence-electron chi connectivity index (χ1n) is 15.0. The number of methoxy groups -OCH3 is 1. The molecule has 1 aliphatic rings. The lowest BCUT2D eigenvalue weighted by molar-refractivity contribution is 0.102. The van der Waals surface area contributed by atoms with E-state index in [0.717, 1.165) is 35.3 Å². The number of benzene rings is 1. The van der Waals surface area contributed by atoms with Gasteiger partial charge >= 0.3 is 0 Å². The number of anilines is 1. The van der Waals surface area contributed by atoms with Gasteiger partial charge in [-0.1, -0.05) is 56.2 Å². The molecule has 45 heavy (non-hydrogen) atoms. The second kappa shape index (κ2) is 13.8. The van der Waals surface area contributed by atoms with Crippen molar-refractivity contribution in [3.63, 3.8) is 0 Å². The first-order valence-corrected chi connectivity index (χ1v) is 18.7. The van der Waals surface area contributed by atoms with Crippen molar-refractivity contribution in [2.24, 2.45) is 0 Å². The van der Waals surface area contributed by atoms with Gasteiger partial charge in [-0.05, 0) is 92.4 Å². The lowest BCUT2D eigenvalue weighted by atomic mass is 9.94. The molecule has 0 atom stereocenters. The molecule has 1 N–H and O–H groups in total. The maximum absolute atomic E-state index is 14.9. The summed E-state index contributed by atoms with van der Waals surface area (Å²) in [7, 11) is -0.518. The van der Waals surface area contributed by atoms with E-state index in [1.54, 1.807) is 25.1 Å². The average molecular weight is 651 g/mol. The monoisotopic (exact) mass is 650 g/mol. The minimum Gasteiger partial charge on any atom is -0.496 e. The van der Waals surface area contributed by atoms with Crippen LogP contribution in [0.2, 0.25) is 18.1 Å². The summed E-state index contributed by atoms with van der Waals surface area (Å²) in [4.78, 5) is 17.6. The third kappa shape index (κ3) is 8.33. The molecule has 11 heteroatoms. The van der Waals surface area contributed by atoms with E-state index >= 15 is 0 Å². The van der Waals surface area contributed by atoms with Crippen LogP contribution in [0.3, 0.4) is 0 Å². The smallest absolute Gasteiger partial charge is 0.296 e. The Morgan fingerprint density at radius 3 is 2.53 bits per heavy atom. The van der Waals surface area contributed by atoms with Gasteiger partial charge in [0.15, 0.2) is 8.32 Å². The summed E-state index contributed by atoms with van der Waals surface area (Å²) < 4.78 is 33.1. The van der Waals surface area contributed by atoms with Crippen LogP contribution in [0.1, 0.15) is 63.5 Å². The van der Waals surface area contributed by atoms with E-state index in [9.17, 15) is 9.18 Å². The van der Waals surface area contributed by atoms with Crippen LogP contribution < -0.4 is 14.8 Å². The molecular formula is C34H43FN4O4SSi. The van der Waals surface area contributed by atoms with Crippen LogP contribution >= 0.6 is 11.3 Å². The van der Waals surface area contributed by atoms with Crippen molar-refractivity contribution in [1.82, 2.24) is 15.2 Å². The van der Waals surface area contributed by atoms with Crippen LogP contribution in [-0.2, 0) is 4.43 Å². The lowest BCUT2D eigenvalue weighted by Crippen LogP contribution is -2.48. The Bertz CT molecular complexity index is 1640. The van der Waals surface area contributed by atoms with Crippen LogP contribution in [0.4, 0.5) is 9.52 Å². The van der Waals surface area contributed by atoms with Crippen molar-refractivity contribution in [2.75, 3.05) is 19.0 Å². The molecule has 240 valence electrons. The van der Waals surface area contributed by atoms with Crippen LogP contribution in [0, 0.1) is 12.7 Å². The number of hydrogen-bond acceptors (Lipinski definition) is 8. The second-order valence-electron chi connectivity index (χ2n) is 13.0. The zero-order valence-corrected chi connectivity index (χ0v) is 29.4. The van der Waals surface area contributed by atoms with E-state index in [-0.39, 0.29) is 21.3 Å². The molecule has 0 unspecified atom stereocenters. The Kier molecular flexibility index (Phi) is 10.5. The molecule has 0 aliphatic heterocycles. The normalized spacial score (nSPS) is 15.4. The number of allylic oxidation sites excluding steroid dienone is 2. The van der Waals surface area contributed by atoms with Gasteiger partial charge < -0.3 is 13.9 Å². The third-order valence-corrected chi connectivity index (χ3v) is 13.5. The van der Waals surface area contributed by atoms with Crippen LogP contribution in [0.5, 0.6) is 10.9 Å². The Labute approximate surface area is 270 Å². The highest BCUT2D eigenvalue weighted by molar-refractivity contribution is 7.17. The molecule has 2 heterocycles. The Morgan fingerprint density at radius 2 is 1.82 bits per heavy atom. The van der Waals surface area contributed by atoms with E-state index in [4.69, 9.17) is 13.9 Å². The average Bonchev–Trinajstić information content (AvgIpc) is 3.38. The molecule has 3 aromatic rings. The van der Waals surface area contributed by atoms with E-state index in [1.165, 1.54) is 19.4 Å². The van der Waals surface area contributed by atoms with E-state index in [0.29, 0.717) is 28.8 Å². The number of aryl methyl sites for hydroxylation is 1. The van der Waals surface area contributed by atoms with Gasteiger partial charge in [-0.3, -0.25) is 15.1 Å². The van der Waals surface area contributed by atoms with Crippen molar-refractivity contribution in [1.29, 1.82) is 0 Å². The quantitative estimate of drug-likeness (QED) is 0.219. The zero-order valence-electron chi connectivity index (χ0n) is 27.6. The Balaban J connectivity index is 1.43. The molecule has 1 amide bonds. The van der Waals surface area contributed by atoms with Gasteiger partial charge in [0.1, 0.15) is 18.2 Å². The molecule has 0 saturated heterocycles. The number of hydrogen-bond donors (Lipinski definition) is 1. The number of nitrogens with one attached hydrogen (secondary N) is 1. The van der Waals surface area contributed by atoms with Crippen molar-refractivity contribution in [3.8, 4) is 22.1 Å². The zero-order chi connectivity index (χ0) is 33.0. The number of carbonyl (C=O) groups excluding carboxylic acids is 1. The van der Waals surface area contributed by atoms with Crippen molar-refractivity contribution >= 4 is 30.7 Å². The first kappa shape index (κ1) is 34.2. The number of halogens is 1. The van der Waals surface area contributed by atoms with Crippen molar-refractivity contribution in [3.05, 3.63) is 83.0 Å². The van der Waals surface area contributed by atoms with Gasteiger partial charge in [-0.15, -0.1) is 5.10 Å². The highest BCUT2D eigenvalue weighted by Crippen LogP contribution is 2.41. The van der Waals surface area contributed by atoms with Crippen molar-refractivity contribution < 1.29 is 23.1 Å². The summed E-state index contributed by atoms with van der Waals surface area (Å²) in [5, 5.41) is 11.6. The highest BCUT2D eigenvalue weighted by Gasteiger charge is 2.42. The molecular weight excluding hydrogens is 608 g/mol. The molecule has 2 aromatic heterocycles. The fourth-order valence-corrected chi connectivity index (χ4v) is 7.05. The fourth-order valence-electron chi connectivity index (χ4n) is 4.76. The third-order valence-electron chi connectivity index (χ3n) is 8.17. The predicted octanol–water partition coefficient (Wildman–Crippen LogP) is 8.69. The summed E-state index contributed by atoms with van der Waals surface area (Å²) in [6, 6.07) is 6.18. The number of nitrogens with zero attached hydrogens (tertiary/aromatic N) is 3. The number of ether oxygens (including phenoxy) is 2. The fraction of sp³-hybridized carbons (Fsp3) is 0.412. The molecule has 0 radical (unpaired) electrons. The molecule has 0 saturated carbocycles. The number of amides is 1. The van der Waals surface area contributed by atoms with Crippen LogP contribution in [0.15, 0.2) is 65.9 Å². The van der Waals surface area contributed by atoms with Gasteiger partial charge in [-0.25, -0.2) is 4.39 Å². The Hall–Kier alpha value is -3.67. The molecule has 4 rings (SSSR count). The summed E-state index contributed by atoms with van der Waals surface area (Å²) in [5.74, 6) is -0.696. The van der Waals surface area contributed by atoms with Gasteiger partial charge in [0.25, 0.3) is 11.1 Å². The minimum atomic E-state index is -1.97. The SMILES string of the molecule is COc1cccc(F)c1-c1cc(C)ncc1C(=O)Nc1nnc(OCC2=CCC/C=C(\C(C)(C)O[Si](C)(C)C(C)(C)C)C=C2)s1.